The topological polar surface area (TPSA) is 53.7 Å². The number of nitrogens with zero attached hydrogens (tertiary/aromatic N) is 5. The molecule has 33 heavy (non-hydrogen) atoms. The lowest BCUT2D eigenvalue weighted by molar-refractivity contribution is -0.131. The van der Waals surface area contributed by atoms with E-state index in [0.29, 0.717) is 12.8 Å². The summed E-state index contributed by atoms with van der Waals surface area (Å²) in [4.78, 5) is 22.4. The molecule has 3 heterocycles. The van der Waals surface area contributed by atoms with E-state index in [4.69, 9.17) is 10.1 Å². The van der Waals surface area contributed by atoms with Gasteiger partial charge in [0.25, 0.3) is 0 Å². The summed E-state index contributed by atoms with van der Waals surface area (Å²) in [7, 11) is 0. The lowest BCUT2D eigenvalue weighted by atomic mass is 10.1. The van der Waals surface area contributed by atoms with Gasteiger partial charge in [0.2, 0.25) is 5.91 Å². The van der Waals surface area contributed by atoms with Crippen LogP contribution in [0.15, 0.2) is 54.6 Å². The number of rotatable bonds is 5. The Morgan fingerprint density at radius 2 is 1.73 bits per heavy atom. The van der Waals surface area contributed by atoms with Gasteiger partial charge in [-0.15, -0.1) is 0 Å². The minimum absolute atomic E-state index is 0.237. The summed E-state index contributed by atoms with van der Waals surface area (Å²) >= 11 is 0. The van der Waals surface area contributed by atoms with Crippen LogP contribution in [0.25, 0.3) is 16.6 Å². The molecule has 170 valence electrons. The van der Waals surface area contributed by atoms with Gasteiger partial charge in [0.1, 0.15) is 0 Å². The second-order valence-corrected chi connectivity index (χ2v) is 9.01. The van der Waals surface area contributed by atoms with Crippen molar-refractivity contribution in [1.29, 1.82) is 0 Å². The van der Waals surface area contributed by atoms with Crippen LogP contribution >= 0.6 is 0 Å². The maximum absolute atomic E-state index is 13.1. The maximum Gasteiger partial charge on any atom is 0.222 e. The van der Waals surface area contributed by atoms with Crippen molar-refractivity contribution < 1.29 is 4.79 Å². The molecule has 0 aliphatic carbocycles. The number of aryl methyl sites for hydroxylation is 2. The van der Waals surface area contributed by atoms with Crippen molar-refractivity contribution in [2.24, 2.45) is 0 Å². The van der Waals surface area contributed by atoms with E-state index in [1.165, 1.54) is 5.56 Å². The quantitative estimate of drug-likeness (QED) is 0.467. The summed E-state index contributed by atoms with van der Waals surface area (Å²) in [6, 6.07) is 18.7. The van der Waals surface area contributed by atoms with Gasteiger partial charge in [0.15, 0.2) is 5.65 Å². The third-order valence-electron chi connectivity index (χ3n) is 6.80. The molecule has 4 aromatic rings. The van der Waals surface area contributed by atoms with Gasteiger partial charge >= 0.3 is 0 Å². The second kappa shape index (κ2) is 9.32. The van der Waals surface area contributed by atoms with Gasteiger partial charge in [-0.05, 0) is 49.9 Å². The molecule has 0 atom stereocenters. The highest BCUT2D eigenvalue weighted by molar-refractivity contribution is 5.92. The van der Waals surface area contributed by atoms with Crippen molar-refractivity contribution in [2.75, 3.05) is 26.2 Å². The summed E-state index contributed by atoms with van der Waals surface area (Å²) in [5.74, 6) is 0.237. The van der Waals surface area contributed by atoms with Gasteiger partial charge in [-0.25, -0.2) is 9.50 Å². The molecule has 0 N–H and O–H groups in total. The normalized spacial score (nSPS) is 15.3. The standard InChI is InChI=1S/C27H31N5O/c1-20-23(21(2)32-27(28-20)24-11-6-7-12-25(24)29-32)13-14-26(33)31-16-8-15-30(17-18-31)19-22-9-4-3-5-10-22/h3-7,9-12H,8,13-19H2,1-2H3. The van der Waals surface area contributed by atoms with E-state index in [0.717, 1.165) is 72.6 Å². The summed E-state index contributed by atoms with van der Waals surface area (Å²) < 4.78 is 1.94. The molecular weight excluding hydrogens is 410 g/mol. The van der Waals surface area contributed by atoms with E-state index < -0.39 is 0 Å². The van der Waals surface area contributed by atoms with Crippen molar-refractivity contribution in [3.05, 3.63) is 77.1 Å². The largest absolute Gasteiger partial charge is 0.341 e. The van der Waals surface area contributed by atoms with Crippen molar-refractivity contribution in [3.8, 4) is 0 Å². The molecule has 5 rings (SSSR count). The van der Waals surface area contributed by atoms with E-state index in [1.54, 1.807) is 0 Å². The highest BCUT2D eigenvalue weighted by atomic mass is 16.2. The number of hydrogen-bond acceptors (Lipinski definition) is 4. The molecule has 0 saturated carbocycles. The zero-order chi connectivity index (χ0) is 22.8. The molecule has 1 saturated heterocycles. The van der Waals surface area contributed by atoms with Gasteiger partial charge in [-0.1, -0.05) is 42.5 Å². The first-order valence-corrected chi connectivity index (χ1v) is 11.9. The third kappa shape index (κ3) is 4.48. The fraction of sp³-hybridized carbons (Fsp3) is 0.370. The first kappa shape index (κ1) is 21.6. The number of carbonyl (C=O) groups excluding carboxylic acids is 1. The van der Waals surface area contributed by atoms with E-state index in [-0.39, 0.29) is 5.91 Å². The van der Waals surface area contributed by atoms with Crippen LogP contribution in [0, 0.1) is 13.8 Å². The number of aromatic nitrogens is 3. The van der Waals surface area contributed by atoms with Crippen molar-refractivity contribution in [1.82, 2.24) is 24.4 Å². The molecule has 0 radical (unpaired) electrons. The molecule has 1 aliphatic rings. The Bertz CT molecular complexity index is 1280. The summed E-state index contributed by atoms with van der Waals surface area (Å²) in [5.41, 5.74) is 6.36. The fourth-order valence-corrected chi connectivity index (χ4v) is 4.95. The van der Waals surface area contributed by atoms with Gasteiger partial charge in [-0.2, -0.15) is 5.10 Å². The minimum Gasteiger partial charge on any atom is -0.341 e. The van der Waals surface area contributed by atoms with E-state index >= 15 is 0 Å². The highest BCUT2D eigenvalue weighted by Gasteiger charge is 2.20. The minimum atomic E-state index is 0.237. The summed E-state index contributed by atoms with van der Waals surface area (Å²) in [6.07, 6.45) is 2.22. The Kier molecular flexibility index (Phi) is 6.09. The van der Waals surface area contributed by atoms with Gasteiger partial charge in [0, 0.05) is 55.9 Å². The number of amides is 1. The summed E-state index contributed by atoms with van der Waals surface area (Å²) in [5, 5.41) is 5.81. The number of fused-ring (bicyclic) bond motifs is 3. The molecule has 0 unspecified atom stereocenters. The van der Waals surface area contributed by atoms with Crippen LogP contribution in [-0.2, 0) is 17.8 Å². The zero-order valence-electron chi connectivity index (χ0n) is 19.5. The van der Waals surface area contributed by atoms with Crippen molar-refractivity contribution >= 4 is 22.5 Å². The predicted molar refractivity (Wildman–Crippen MR) is 131 cm³/mol. The number of hydrogen-bond donors (Lipinski definition) is 0. The van der Waals surface area contributed by atoms with Crippen molar-refractivity contribution in [3.63, 3.8) is 0 Å². The fourth-order valence-electron chi connectivity index (χ4n) is 4.95. The third-order valence-corrected chi connectivity index (χ3v) is 6.80. The van der Waals surface area contributed by atoms with Gasteiger partial charge < -0.3 is 4.90 Å². The van der Waals surface area contributed by atoms with E-state index in [2.05, 4.69) is 48.2 Å². The predicted octanol–water partition coefficient (Wildman–Crippen LogP) is 4.17. The Hall–Kier alpha value is -3.25. The average molecular weight is 442 g/mol. The van der Waals surface area contributed by atoms with Crippen LogP contribution < -0.4 is 0 Å². The smallest absolute Gasteiger partial charge is 0.222 e. The van der Waals surface area contributed by atoms with Crippen molar-refractivity contribution in [2.45, 2.75) is 39.7 Å². The Morgan fingerprint density at radius 3 is 2.58 bits per heavy atom. The van der Waals surface area contributed by atoms with Crippen LogP contribution in [0.5, 0.6) is 0 Å². The lowest BCUT2D eigenvalue weighted by Gasteiger charge is -2.22. The van der Waals surface area contributed by atoms with E-state index in [1.807, 2.05) is 34.5 Å². The molecule has 6 nitrogen and oxygen atoms in total. The number of carbonyl (C=O) groups is 1. The monoisotopic (exact) mass is 441 g/mol. The maximum atomic E-state index is 13.1. The van der Waals surface area contributed by atoms with Gasteiger partial charge in [-0.3, -0.25) is 9.69 Å². The Balaban J connectivity index is 1.25. The Morgan fingerprint density at radius 1 is 0.939 bits per heavy atom. The van der Waals surface area contributed by atoms with Crippen LogP contribution in [0.2, 0.25) is 0 Å². The van der Waals surface area contributed by atoms with Crippen LogP contribution in [0.1, 0.15) is 35.4 Å². The van der Waals surface area contributed by atoms with Crippen LogP contribution in [-0.4, -0.2) is 56.5 Å². The van der Waals surface area contributed by atoms with E-state index in [9.17, 15) is 4.79 Å². The first-order chi connectivity index (χ1) is 16.1. The summed E-state index contributed by atoms with van der Waals surface area (Å²) in [6.45, 7) is 8.67. The molecule has 0 bridgehead atoms. The number of benzene rings is 2. The molecule has 1 fully saturated rings. The Labute approximate surface area is 194 Å². The molecule has 1 amide bonds. The molecular formula is C27H31N5O. The second-order valence-electron chi connectivity index (χ2n) is 9.01. The molecule has 2 aromatic heterocycles. The first-order valence-electron chi connectivity index (χ1n) is 11.9. The van der Waals surface area contributed by atoms with Crippen LogP contribution in [0.3, 0.4) is 0 Å². The zero-order valence-corrected chi connectivity index (χ0v) is 19.5. The molecule has 2 aromatic carbocycles. The molecule has 6 heteroatoms. The van der Waals surface area contributed by atoms with Gasteiger partial charge in [0.05, 0.1) is 5.52 Å². The van der Waals surface area contributed by atoms with Crippen LogP contribution in [0.4, 0.5) is 0 Å². The lowest BCUT2D eigenvalue weighted by Crippen LogP contribution is -2.35. The SMILES string of the molecule is Cc1nc2c3ccccc3nn2c(C)c1CCC(=O)N1CCCN(Cc2ccccc2)CC1. The molecule has 1 aliphatic heterocycles. The highest BCUT2D eigenvalue weighted by Crippen LogP contribution is 2.23. The molecule has 0 spiro atoms. The average Bonchev–Trinajstić information content (AvgIpc) is 3.03.